The summed E-state index contributed by atoms with van der Waals surface area (Å²) in [5.41, 5.74) is 1.31. The number of rotatable bonds is 5. The third kappa shape index (κ3) is 4.53. The summed E-state index contributed by atoms with van der Waals surface area (Å²) in [7, 11) is 0. The Morgan fingerprint density at radius 2 is 2.08 bits per heavy atom. The number of thioether (sulfide) groups is 1. The fraction of sp³-hybridized carbons (Fsp3) is 0.111. The number of halogens is 1. The number of pyridine rings is 1. The molecule has 3 rings (SSSR count). The number of carbonyl (C=O) groups is 2. The number of anilines is 1. The maximum Gasteiger partial charge on any atom is 0.266 e. The van der Waals surface area contributed by atoms with Gasteiger partial charge in [-0.2, -0.15) is 0 Å². The lowest BCUT2D eigenvalue weighted by Crippen LogP contribution is -2.31. The second kappa shape index (κ2) is 8.20. The molecule has 0 spiro atoms. The van der Waals surface area contributed by atoms with Crippen molar-refractivity contribution >= 4 is 51.9 Å². The summed E-state index contributed by atoms with van der Waals surface area (Å²) in [5, 5.41) is 2.71. The van der Waals surface area contributed by atoms with Crippen LogP contribution in [0.2, 0.25) is 0 Å². The summed E-state index contributed by atoms with van der Waals surface area (Å²) >= 11 is 6.41. The molecule has 1 aromatic heterocycles. The third-order valence-electron chi connectivity index (χ3n) is 3.55. The SMILES string of the molecule is O=C(CCN1C(=O)C(=Cc2ccc(F)cc2)SC1=S)Nc1cccnc1. The number of benzene rings is 1. The van der Waals surface area contributed by atoms with Crippen LogP contribution < -0.4 is 5.32 Å². The second-order valence-electron chi connectivity index (χ2n) is 5.42. The van der Waals surface area contributed by atoms with Crippen LogP contribution in [0.25, 0.3) is 6.08 Å². The van der Waals surface area contributed by atoms with E-state index in [9.17, 15) is 14.0 Å². The maximum absolute atomic E-state index is 13.0. The van der Waals surface area contributed by atoms with Crippen LogP contribution in [0.1, 0.15) is 12.0 Å². The van der Waals surface area contributed by atoms with Crippen molar-refractivity contribution in [2.75, 3.05) is 11.9 Å². The predicted molar refractivity (Wildman–Crippen MR) is 104 cm³/mol. The first-order chi connectivity index (χ1) is 12.5. The van der Waals surface area contributed by atoms with E-state index < -0.39 is 0 Å². The molecule has 1 aromatic carbocycles. The van der Waals surface area contributed by atoms with Crippen LogP contribution in [0.15, 0.2) is 53.7 Å². The minimum absolute atomic E-state index is 0.116. The average molecular weight is 387 g/mol. The molecule has 2 heterocycles. The van der Waals surface area contributed by atoms with Gasteiger partial charge in [-0.3, -0.25) is 19.5 Å². The van der Waals surface area contributed by atoms with Gasteiger partial charge in [-0.05, 0) is 35.9 Å². The Labute approximate surface area is 159 Å². The van der Waals surface area contributed by atoms with Gasteiger partial charge in [0.15, 0.2) is 0 Å². The lowest BCUT2D eigenvalue weighted by atomic mass is 10.2. The summed E-state index contributed by atoms with van der Waals surface area (Å²) in [6, 6.07) is 9.28. The van der Waals surface area contributed by atoms with Gasteiger partial charge in [0.1, 0.15) is 10.1 Å². The first-order valence-corrected chi connectivity index (χ1v) is 8.96. The zero-order valence-electron chi connectivity index (χ0n) is 13.5. The van der Waals surface area contributed by atoms with Gasteiger partial charge in [-0.25, -0.2) is 4.39 Å². The van der Waals surface area contributed by atoms with Gasteiger partial charge in [0.25, 0.3) is 5.91 Å². The van der Waals surface area contributed by atoms with Crippen LogP contribution in [0.5, 0.6) is 0 Å². The van der Waals surface area contributed by atoms with Crippen molar-refractivity contribution in [3.8, 4) is 0 Å². The van der Waals surface area contributed by atoms with E-state index in [1.165, 1.54) is 28.8 Å². The Kier molecular flexibility index (Phi) is 5.75. The van der Waals surface area contributed by atoms with E-state index in [2.05, 4.69) is 10.3 Å². The Morgan fingerprint density at radius 3 is 2.77 bits per heavy atom. The maximum atomic E-state index is 13.0. The van der Waals surface area contributed by atoms with Crippen molar-refractivity contribution in [3.05, 3.63) is 65.1 Å². The van der Waals surface area contributed by atoms with Crippen molar-refractivity contribution in [2.45, 2.75) is 6.42 Å². The first-order valence-electron chi connectivity index (χ1n) is 7.74. The zero-order valence-corrected chi connectivity index (χ0v) is 15.1. The molecule has 2 aromatic rings. The highest BCUT2D eigenvalue weighted by Crippen LogP contribution is 2.32. The smallest absolute Gasteiger partial charge is 0.266 e. The zero-order chi connectivity index (χ0) is 18.5. The third-order valence-corrected chi connectivity index (χ3v) is 4.93. The molecule has 1 fully saturated rings. The summed E-state index contributed by atoms with van der Waals surface area (Å²) in [6.07, 6.45) is 4.94. The minimum Gasteiger partial charge on any atom is -0.325 e. The number of thiocarbonyl (C=S) groups is 1. The molecule has 0 saturated carbocycles. The van der Waals surface area contributed by atoms with Gasteiger partial charge < -0.3 is 5.32 Å². The van der Waals surface area contributed by atoms with Crippen LogP contribution in [-0.2, 0) is 9.59 Å². The molecule has 0 unspecified atom stereocenters. The highest BCUT2D eigenvalue weighted by molar-refractivity contribution is 8.26. The van der Waals surface area contributed by atoms with Crippen LogP contribution in [0.4, 0.5) is 10.1 Å². The molecule has 1 aliphatic heterocycles. The number of nitrogens with zero attached hydrogens (tertiary/aromatic N) is 2. The normalized spacial score (nSPS) is 15.6. The molecular formula is C18H14FN3O2S2. The fourth-order valence-electron chi connectivity index (χ4n) is 2.28. The molecule has 2 amide bonds. The van der Waals surface area contributed by atoms with Crippen molar-refractivity contribution in [1.82, 2.24) is 9.88 Å². The van der Waals surface area contributed by atoms with Crippen molar-refractivity contribution in [3.63, 3.8) is 0 Å². The molecule has 0 aliphatic carbocycles. The molecule has 1 saturated heterocycles. The topological polar surface area (TPSA) is 62.3 Å². The summed E-state index contributed by atoms with van der Waals surface area (Å²) in [4.78, 5) is 30.3. The van der Waals surface area contributed by atoms with E-state index in [1.807, 2.05) is 0 Å². The van der Waals surface area contributed by atoms with E-state index in [1.54, 1.807) is 42.7 Å². The molecule has 8 heteroatoms. The Hall–Kier alpha value is -2.58. The van der Waals surface area contributed by atoms with Crippen LogP contribution in [0, 0.1) is 5.82 Å². The van der Waals surface area contributed by atoms with Crippen molar-refractivity contribution < 1.29 is 14.0 Å². The van der Waals surface area contributed by atoms with E-state index in [-0.39, 0.29) is 30.6 Å². The minimum atomic E-state index is -0.339. The molecule has 0 atom stereocenters. The summed E-state index contributed by atoms with van der Waals surface area (Å²) in [5.74, 6) is -0.817. The number of carbonyl (C=O) groups excluding carboxylic acids is 2. The monoisotopic (exact) mass is 387 g/mol. The van der Waals surface area contributed by atoms with Crippen LogP contribution >= 0.6 is 24.0 Å². The van der Waals surface area contributed by atoms with Gasteiger partial charge in [0.2, 0.25) is 5.91 Å². The van der Waals surface area contributed by atoms with Crippen LogP contribution in [-0.4, -0.2) is 32.6 Å². The highest BCUT2D eigenvalue weighted by atomic mass is 32.2. The number of aromatic nitrogens is 1. The average Bonchev–Trinajstić information content (AvgIpc) is 2.89. The largest absolute Gasteiger partial charge is 0.325 e. The molecule has 1 aliphatic rings. The molecular weight excluding hydrogens is 373 g/mol. The van der Waals surface area contributed by atoms with Gasteiger partial charge >= 0.3 is 0 Å². The lowest BCUT2D eigenvalue weighted by Gasteiger charge is -2.14. The number of amides is 2. The molecule has 5 nitrogen and oxygen atoms in total. The van der Waals surface area contributed by atoms with E-state index in [0.29, 0.717) is 20.5 Å². The van der Waals surface area contributed by atoms with Crippen molar-refractivity contribution in [1.29, 1.82) is 0 Å². The van der Waals surface area contributed by atoms with Gasteiger partial charge in [-0.15, -0.1) is 0 Å². The lowest BCUT2D eigenvalue weighted by molar-refractivity contribution is -0.122. The first kappa shape index (κ1) is 18.2. The standard InChI is InChI=1S/C18H14FN3O2S2/c19-13-5-3-12(4-6-13)10-15-17(24)22(18(25)26-15)9-7-16(23)21-14-2-1-8-20-11-14/h1-6,8,10-11H,7,9H2,(H,21,23). The van der Waals surface area contributed by atoms with Gasteiger partial charge in [0, 0.05) is 19.2 Å². The Bertz CT molecular complexity index is 870. The summed E-state index contributed by atoms with van der Waals surface area (Å²) in [6.45, 7) is 0.192. The fourth-order valence-corrected chi connectivity index (χ4v) is 3.59. The highest BCUT2D eigenvalue weighted by Gasteiger charge is 2.32. The molecule has 0 bridgehead atoms. The predicted octanol–water partition coefficient (Wildman–Crippen LogP) is 3.45. The van der Waals surface area contributed by atoms with E-state index >= 15 is 0 Å². The summed E-state index contributed by atoms with van der Waals surface area (Å²) < 4.78 is 13.4. The molecule has 132 valence electrons. The Morgan fingerprint density at radius 1 is 1.31 bits per heavy atom. The molecule has 1 N–H and O–H groups in total. The van der Waals surface area contributed by atoms with Gasteiger partial charge in [0.05, 0.1) is 16.8 Å². The number of nitrogens with one attached hydrogen (secondary N) is 1. The van der Waals surface area contributed by atoms with Crippen LogP contribution in [0.3, 0.4) is 0 Å². The number of hydrogen-bond acceptors (Lipinski definition) is 5. The molecule has 0 radical (unpaired) electrons. The van der Waals surface area contributed by atoms with E-state index in [4.69, 9.17) is 12.2 Å². The Balaban J connectivity index is 1.60. The number of hydrogen-bond donors (Lipinski definition) is 1. The quantitative estimate of drug-likeness (QED) is 0.629. The van der Waals surface area contributed by atoms with Gasteiger partial charge in [-0.1, -0.05) is 36.1 Å². The van der Waals surface area contributed by atoms with E-state index in [0.717, 1.165) is 0 Å². The van der Waals surface area contributed by atoms with Crippen molar-refractivity contribution in [2.24, 2.45) is 0 Å². The molecule has 26 heavy (non-hydrogen) atoms. The second-order valence-corrected chi connectivity index (χ2v) is 7.10.